The summed E-state index contributed by atoms with van der Waals surface area (Å²) < 4.78 is 2.35. The van der Waals surface area contributed by atoms with Crippen molar-refractivity contribution in [3.8, 4) is 0 Å². The van der Waals surface area contributed by atoms with Crippen LogP contribution in [-0.2, 0) is 19.4 Å². The third-order valence-electron chi connectivity index (χ3n) is 6.09. The molecule has 2 N–H and O–H groups in total. The van der Waals surface area contributed by atoms with Crippen molar-refractivity contribution in [1.82, 2.24) is 25.4 Å². The van der Waals surface area contributed by atoms with Crippen molar-refractivity contribution in [2.24, 2.45) is 10.9 Å². The van der Waals surface area contributed by atoms with Gasteiger partial charge in [0.05, 0.1) is 0 Å². The minimum absolute atomic E-state index is 0.921. The van der Waals surface area contributed by atoms with Crippen molar-refractivity contribution in [2.45, 2.75) is 90.0 Å². The van der Waals surface area contributed by atoms with Crippen LogP contribution in [0.2, 0.25) is 0 Å². The molecule has 152 valence electrons. The Morgan fingerprint density at radius 1 is 1.00 bits per heavy atom. The fourth-order valence-electron chi connectivity index (χ4n) is 4.47. The lowest BCUT2D eigenvalue weighted by Gasteiger charge is -2.13. The Morgan fingerprint density at radius 3 is 2.63 bits per heavy atom. The zero-order valence-corrected chi connectivity index (χ0v) is 17.2. The predicted molar refractivity (Wildman–Crippen MR) is 111 cm³/mol. The number of hydrogen-bond acceptors (Lipinski definition) is 3. The van der Waals surface area contributed by atoms with Crippen LogP contribution in [0.4, 0.5) is 0 Å². The van der Waals surface area contributed by atoms with E-state index >= 15 is 0 Å². The van der Waals surface area contributed by atoms with Gasteiger partial charge in [-0.2, -0.15) is 0 Å². The van der Waals surface area contributed by atoms with E-state index in [-0.39, 0.29) is 0 Å². The quantitative estimate of drug-likeness (QED) is 0.395. The molecular weight excluding hydrogens is 336 g/mol. The third-order valence-corrected chi connectivity index (χ3v) is 6.09. The molecule has 1 aromatic rings. The summed E-state index contributed by atoms with van der Waals surface area (Å²) in [4.78, 5) is 4.34. The molecule has 1 saturated carbocycles. The van der Waals surface area contributed by atoms with Crippen molar-refractivity contribution in [3.05, 3.63) is 11.6 Å². The molecule has 3 rings (SSSR count). The van der Waals surface area contributed by atoms with Gasteiger partial charge in [0, 0.05) is 39.5 Å². The number of nitrogens with one attached hydrogen (secondary N) is 2. The van der Waals surface area contributed by atoms with Crippen LogP contribution in [0.15, 0.2) is 4.99 Å². The largest absolute Gasteiger partial charge is 0.356 e. The van der Waals surface area contributed by atoms with E-state index in [1.807, 2.05) is 7.05 Å². The summed E-state index contributed by atoms with van der Waals surface area (Å²) in [5.41, 5.74) is 0. The lowest BCUT2D eigenvalue weighted by molar-refractivity contribution is 0.472. The molecule has 0 saturated heterocycles. The number of aryl methyl sites for hydroxylation is 2. The molecule has 2 aliphatic rings. The summed E-state index contributed by atoms with van der Waals surface area (Å²) in [7, 11) is 1.85. The smallest absolute Gasteiger partial charge is 0.190 e. The number of aliphatic imine (C=N–C) groups is 1. The number of guanidine groups is 1. The van der Waals surface area contributed by atoms with E-state index < -0.39 is 0 Å². The summed E-state index contributed by atoms with van der Waals surface area (Å²) in [5, 5.41) is 15.7. The second kappa shape index (κ2) is 11.3. The third kappa shape index (κ3) is 6.51. The second-order valence-corrected chi connectivity index (χ2v) is 8.17. The lowest BCUT2D eigenvalue weighted by Crippen LogP contribution is -2.38. The van der Waals surface area contributed by atoms with E-state index in [1.165, 1.54) is 70.0 Å². The molecule has 0 aromatic carbocycles. The number of hydrogen-bond donors (Lipinski definition) is 2. The van der Waals surface area contributed by atoms with Gasteiger partial charge < -0.3 is 15.2 Å². The first-order chi connectivity index (χ1) is 13.4. The number of rotatable bonds is 9. The fraction of sp³-hybridized carbons (Fsp3) is 0.857. The first-order valence-electron chi connectivity index (χ1n) is 11.2. The lowest BCUT2D eigenvalue weighted by atomic mass is 10.0. The van der Waals surface area contributed by atoms with Crippen LogP contribution in [0.25, 0.3) is 0 Å². The van der Waals surface area contributed by atoms with E-state index in [0.717, 1.165) is 56.6 Å². The maximum absolute atomic E-state index is 4.42. The Kier molecular flexibility index (Phi) is 8.43. The van der Waals surface area contributed by atoms with Crippen LogP contribution in [0.3, 0.4) is 0 Å². The molecule has 1 aliphatic carbocycles. The summed E-state index contributed by atoms with van der Waals surface area (Å²) in [5.74, 6) is 4.28. The summed E-state index contributed by atoms with van der Waals surface area (Å²) in [6.45, 7) is 3.03. The molecule has 0 radical (unpaired) electrons. The van der Waals surface area contributed by atoms with Gasteiger partial charge in [-0.3, -0.25) is 4.99 Å². The molecule has 1 fully saturated rings. The van der Waals surface area contributed by atoms with E-state index in [4.69, 9.17) is 0 Å². The average Bonchev–Trinajstić information content (AvgIpc) is 3.27. The normalized spacial score (nSPS) is 18.3. The van der Waals surface area contributed by atoms with E-state index in [2.05, 4.69) is 30.4 Å². The Labute approximate surface area is 164 Å². The van der Waals surface area contributed by atoms with Gasteiger partial charge in [-0.15, -0.1) is 10.2 Å². The van der Waals surface area contributed by atoms with Crippen LogP contribution in [0, 0.1) is 5.92 Å². The molecule has 0 unspecified atom stereocenters. The maximum atomic E-state index is 4.42. The number of fused-ring (bicyclic) bond motifs is 1. The van der Waals surface area contributed by atoms with Crippen molar-refractivity contribution in [1.29, 1.82) is 0 Å². The van der Waals surface area contributed by atoms with Gasteiger partial charge in [0.2, 0.25) is 0 Å². The van der Waals surface area contributed by atoms with Gasteiger partial charge >= 0.3 is 0 Å². The van der Waals surface area contributed by atoms with Crippen molar-refractivity contribution >= 4 is 5.96 Å². The Bertz CT molecular complexity index is 573. The monoisotopic (exact) mass is 374 g/mol. The van der Waals surface area contributed by atoms with Gasteiger partial charge in [-0.05, 0) is 31.6 Å². The molecule has 0 atom stereocenters. The first kappa shape index (κ1) is 20.2. The van der Waals surface area contributed by atoms with E-state index in [9.17, 15) is 0 Å². The Morgan fingerprint density at radius 2 is 1.81 bits per heavy atom. The Balaban J connectivity index is 1.27. The van der Waals surface area contributed by atoms with Crippen LogP contribution in [0.5, 0.6) is 0 Å². The van der Waals surface area contributed by atoms with Gasteiger partial charge in [0.25, 0.3) is 0 Å². The van der Waals surface area contributed by atoms with Gasteiger partial charge in [-0.25, -0.2) is 0 Å². The fourth-order valence-corrected chi connectivity index (χ4v) is 4.47. The number of nitrogens with zero attached hydrogens (tertiary/aromatic N) is 4. The summed E-state index contributed by atoms with van der Waals surface area (Å²) in [6, 6.07) is 0. The average molecular weight is 375 g/mol. The molecule has 1 aliphatic heterocycles. The number of aromatic nitrogens is 3. The minimum Gasteiger partial charge on any atom is -0.356 e. The minimum atomic E-state index is 0.921. The van der Waals surface area contributed by atoms with Crippen LogP contribution in [-0.4, -0.2) is 40.9 Å². The topological polar surface area (TPSA) is 67.1 Å². The zero-order chi connectivity index (χ0) is 18.7. The van der Waals surface area contributed by atoms with E-state index in [0.29, 0.717) is 0 Å². The van der Waals surface area contributed by atoms with Gasteiger partial charge in [0.15, 0.2) is 5.96 Å². The molecule has 1 aromatic heterocycles. The number of unbranched alkanes of at least 4 members (excludes halogenated alkanes) is 1. The van der Waals surface area contributed by atoms with Crippen LogP contribution < -0.4 is 10.6 Å². The molecule has 0 spiro atoms. The molecule has 27 heavy (non-hydrogen) atoms. The Hall–Kier alpha value is -1.59. The van der Waals surface area contributed by atoms with Gasteiger partial charge in [0.1, 0.15) is 11.6 Å². The summed E-state index contributed by atoms with van der Waals surface area (Å²) >= 11 is 0. The highest BCUT2D eigenvalue weighted by Crippen LogP contribution is 2.28. The maximum Gasteiger partial charge on any atom is 0.190 e. The molecule has 6 heteroatoms. The highest BCUT2D eigenvalue weighted by atomic mass is 15.3. The standard InChI is InChI=1S/C21H38N6/c1-22-21(23-15-7-6-12-18-10-4-5-11-18)24-16-9-14-20-26-25-19-13-3-2-8-17-27(19)20/h18H,2-17H2,1H3,(H2,22,23,24). The van der Waals surface area contributed by atoms with Crippen molar-refractivity contribution < 1.29 is 0 Å². The summed E-state index contributed by atoms with van der Waals surface area (Å²) in [6.07, 6.45) is 16.8. The van der Waals surface area contributed by atoms with Gasteiger partial charge in [-0.1, -0.05) is 44.9 Å². The SMILES string of the molecule is CN=C(NCCCCC1CCCC1)NCCCc1nnc2n1CCCCC2. The highest BCUT2D eigenvalue weighted by Gasteiger charge is 2.15. The van der Waals surface area contributed by atoms with Crippen molar-refractivity contribution in [3.63, 3.8) is 0 Å². The molecular formula is C21H38N6. The van der Waals surface area contributed by atoms with Crippen LogP contribution >= 0.6 is 0 Å². The second-order valence-electron chi connectivity index (χ2n) is 8.17. The molecule has 0 bridgehead atoms. The van der Waals surface area contributed by atoms with Crippen molar-refractivity contribution in [2.75, 3.05) is 20.1 Å². The molecule has 6 nitrogen and oxygen atoms in total. The zero-order valence-electron chi connectivity index (χ0n) is 17.2. The molecule has 2 heterocycles. The van der Waals surface area contributed by atoms with Crippen LogP contribution in [0.1, 0.15) is 82.3 Å². The predicted octanol–water partition coefficient (Wildman–Crippen LogP) is 3.46. The highest BCUT2D eigenvalue weighted by molar-refractivity contribution is 5.79. The molecule has 0 amide bonds. The first-order valence-corrected chi connectivity index (χ1v) is 11.2. The van der Waals surface area contributed by atoms with E-state index in [1.54, 1.807) is 0 Å².